The maximum Gasteiger partial charge on any atom is 0.284 e. The van der Waals surface area contributed by atoms with Crippen molar-refractivity contribution in [1.82, 2.24) is 45.0 Å². The lowest BCUT2D eigenvalue weighted by molar-refractivity contribution is -0.144. The Morgan fingerprint density at radius 3 is 2.29 bits per heavy atom. The van der Waals surface area contributed by atoms with E-state index in [0.717, 1.165) is 36.2 Å². The van der Waals surface area contributed by atoms with Crippen LogP contribution in [0, 0.1) is 36.5 Å². The Balaban J connectivity index is 0.758. The van der Waals surface area contributed by atoms with E-state index < -0.39 is 69.9 Å². The van der Waals surface area contributed by atoms with Gasteiger partial charge < -0.3 is 35.5 Å². The van der Waals surface area contributed by atoms with Crippen LogP contribution in [0.4, 0.5) is 16.6 Å². The number of rotatable bonds is 17. The standard InChI is InChI=1S/C66H74N12O9S2/c1-6-41-17-19-44(20-18-41)54(39-79)69-61(83)55-34-47(80)37-77(55)64(85)58(66(3,4)5)72-59(81)45-28-31-75(32-29-45)46-21-23-48(24-22-46)89(86,87)74-62(84)57-49(51-35-68-78(40(51)2)36-42-12-8-7-9-13-42)25-26-56(71-57)76-33-27-43-14-10-15-50(52(43)38-76)60(82)73-65-70-53-16-11-30-67-63(53)88-65/h1,10-11,14-26,30,35,42,45,47,54-55,58,79-80H,7-9,12-13,27-29,31-34,36-39H2,2-5H3,(H,69,83)(H,72,81)(H,74,84)(H,70,73,82)/t47-,54+,55+,58-/m1/s1. The van der Waals surface area contributed by atoms with E-state index in [1.807, 2.05) is 66.4 Å². The lowest BCUT2D eigenvalue weighted by Gasteiger charge is -2.38. The zero-order valence-electron chi connectivity index (χ0n) is 50.3. The number of aliphatic hydroxyl groups excluding tert-OH is 2. The fourth-order valence-corrected chi connectivity index (χ4v) is 14.4. The fraction of sp³-hybridized carbons (Fsp3) is 0.409. The second kappa shape index (κ2) is 26.3. The van der Waals surface area contributed by atoms with Gasteiger partial charge in [-0.3, -0.25) is 34.0 Å². The molecule has 7 heterocycles. The normalized spacial score (nSPS) is 18.2. The zero-order chi connectivity index (χ0) is 62.7. The summed E-state index contributed by atoms with van der Waals surface area (Å²) in [6.07, 6.45) is 15.1. The molecule has 1 saturated carbocycles. The number of likely N-dealkylation sites (tertiary alicyclic amines) is 1. The van der Waals surface area contributed by atoms with Crippen molar-refractivity contribution in [2.45, 2.75) is 128 Å². The molecule has 0 unspecified atom stereocenters. The van der Waals surface area contributed by atoms with Gasteiger partial charge in [-0.1, -0.05) is 81.6 Å². The molecule has 0 radical (unpaired) electrons. The minimum atomic E-state index is -4.48. The van der Waals surface area contributed by atoms with Crippen LogP contribution in [0.25, 0.3) is 21.5 Å². The smallest absolute Gasteiger partial charge is 0.284 e. The lowest BCUT2D eigenvalue weighted by atomic mass is 9.84. The van der Waals surface area contributed by atoms with Crippen molar-refractivity contribution in [3.05, 3.63) is 143 Å². The second-order valence-electron chi connectivity index (χ2n) is 24.7. The van der Waals surface area contributed by atoms with Crippen LogP contribution in [-0.4, -0.2) is 129 Å². The number of aliphatic hydroxyl groups is 2. The third-order valence-corrected chi connectivity index (χ3v) is 20.0. The first-order valence-electron chi connectivity index (χ1n) is 30.4. The Morgan fingerprint density at radius 2 is 1.58 bits per heavy atom. The molecule has 4 aromatic heterocycles. The number of thiazole rings is 1. The number of anilines is 3. The van der Waals surface area contributed by atoms with Crippen molar-refractivity contribution in [2.75, 3.05) is 47.9 Å². The van der Waals surface area contributed by atoms with Gasteiger partial charge in [-0.05, 0) is 134 Å². The van der Waals surface area contributed by atoms with E-state index in [-0.39, 0.29) is 41.9 Å². The first-order valence-corrected chi connectivity index (χ1v) is 32.7. The van der Waals surface area contributed by atoms with Crippen molar-refractivity contribution in [1.29, 1.82) is 0 Å². The van der Waals surface area contributed by atoms with Crippen LogP contribution in [0.2, 0.25) is 0 Å². The number of hydrogen-bond acceptors (Lipinski definition) is 16. The average molecular weight is 1240 g/mol. The summed E-state index contributed by atoms with van der Waals surface area (Å²) in [6, 6.07) is 23.0. The van der Waals surface area contributed by atoms with E-state index in [1.165, 1.54) is 47.6 Å². The number of terminal acetylenes is 1. The molecule has 11 rings (SSSR count). The van der Waals surface area contributed by atoms with Crippen LogP contribution < -0.4 is 30.5 Å². The number of piperidine rings is 1. The zero-order valence-corrected chi connectivity index (χ0v) is 51.9. The Kier molecular flexibility index (Phi) is 18.3. The van der Waals surface area contributed by atoms with Gasteiger partial charge in [0, 0.05) is 91.4 Å². The lowest BCUT2D eigenvalue weighted by Crippen LogP contribution is -2.59. The molecule has 23 heteroatoms. The highest BCUT2D eigenvalue weighted by atomic mass is 32.2. The molecule has 0 bridgehead atoms. The highest BCUT2D eigenvalue weighted by Crippen LogP contribution is 2.35. The SMILES string of the molecule is C#Cc1ccc([C@H](CO)NC(=O)[C@@H]2C[C@@H](O)CN2C(=O)[C@@H](NC(=O)C2CCN(c3ccc(S(=O)(=O)NC(=O)c4nc(N5CCc6cccc(C(=O)Nc7nc8cccnc8s7)c6C5)ccc4-c4cnn(CC5CCCCC5)c4C)cc3)CC2)C(C)(C)C)cc1. The molecular formula is C66H74N12O9S2. The molecule has 7 aromatic rings. The number of hydrogen-bond donors (Lipinski definition) is 6. The van der Waals surface area contributed by atoms with Crippen LogP contribution in [0.15, 0.2) is 108 Å². The first-order chi connectivity index (χ1) is 42.7. The molecule has 21 nitrogen and oxygen atoms in total. The highest BCUT2D eigenvalue weighted by molar-refractivity contribution is 7.90. The van der Waals surface area contributed by atoms with Gasteiger partial charge in [-0.25, -0.2) is 28.1 Å². The van der Waals surface area contributed by atoms with Crippen molar-refractivity contribution in [2.24, 2.45) is 17.3 Å². The third-order valence-electron chi connectivity index (χ3n) is 17.7. The van der Waals surface area contributed by atoms with Crippen LogP contribution in [0.3, 0.4) is 0 Å². The minimum absolute atomic E-state index is 0.0219. The molecule has 5 amide bonds. The van der Waals surface area contributed by atoms with Crippen LogP contribution in [0.1, 0.15) is 127 Å². The molecule has 464 valence electrons. The number of β-amino-alcohol motifs (C(OH)–C–C–N with tert-alkyl or cyclic N) is 1. The Morgan fingerprint density at radius 1 is 0.831 bits per heavy atom. The van der Waals surface area contributed by atoms with E-state index in [1.54, 1.807) is 67.0 Å². The molecule has 0 spiro atoms. The van der Waals surface area contributed by atoms with E-state index in [0.29, 0.717) is 99.6 Å². The van der Waals surface area contributed by atoms with Gasteiger partial charge >= 0.3 is 0 Å². The maximum atomic E-state index is 14.7. The van der Waals surface area contributed by atoms with E-state index >= 15 is 0 Å². The maximum absolute atomic E-state index is 14.7. The number of pyridine rings is 2. The van der Waals surface area contributed by atoms with Crippen molar-refractivity contribution in [3.63, 3.8) is 0 Å². The molecule has 89 heavy (non-hydrogen) atoms. The Labute approximate surface area is 521 Å². The minimum Gasteiger partial charge on any atom is -0.394 e. The average Bonchev–Trinajstić information content (AvgIpc) is 1.83. The molecule has 4 atom stereocenters. The number of amides is 5. The number of nitrogens with zero attached hydrogens (tertiary/aromatic N) is 8. The summed E-state index contributed by atoms with van der Waals surface area (Å²) in [5, 5.41) is 34.9. The molecule has 2 saturated heterocycles. The van der Waals surface area contributed by atoms with E-state index in [9.17, 15) is 42.6 Å². The van der Waals surface area contributed by atoms with Crippen LogP contribution in [0.5, 0.6) is 0 Å². The highest BCUT2D eigenvalue weighted by Gasteiger charge is 2.46. The number of fused-ring (bicyclic) bond motifs is 2. The molecule has 4 aliphatic rings. The molecule has 3 aliphatic heterocycles. The predicted octanol–water partition coefficient (Wildman–Crippen LogP) is 7.31. The number of benzene rings is 3. The van der Waals surface area contributed by atoms with E-state index in [2.05, 4.69) is 36.6 Å². The van der Waals surface area contributed by atoms with Gasteiger partial charge in [-0.15, -0.1) is 6.42 Å². The summed E-state index contributed by atoms with van der Waals surface area (Å²) in [7, 11) is -4.48. The quantitative estimate of drug-likeness (QED) is 0.0488. The van der Waals surface area contributed by atoms with E-state index in [4.69, 9.17) is 16.5 Å². The van der Waals surface area contributed by atoms with Crippen molar-refractivity contribution < 1.29 is 42.6 Å². The van der Waals surface area contributed by atoms with Crippen molar-refractivity contribution in [3.8, 4) is 23.5 Å². The molecule has 3 aromatic carbocycles. The number of aromatic nitrogens is 5. The molecule has 3 fully saturated rings. The van der Waals surface area contributed by atoms with Gasteiger partial charge in [0.15, 0.2) is 5.13 Å². The first kappa shape index (κ1) is 62.1. The number of nitrogens with one attached hydrogen (secondary N) is 4. The summed E-state index contributed by atoms with van der Waals surface area (Å²) in [4.78, 5) is 90.6. The van der Waals surface area contributed by atoms with Gasteiger partial charge in [0.25, 0.3) is 21.8 Å². The number of carbonyl (C=O) groups is 5. The van der Waals surface area contributed by atoms with Crippen LogP contribution >= 0.6 is 11.3 Å². The number of carbonyl (C=O) groups excluding carboxylic acids is 5. The summed E-state index contributed by atoms with van der Waals surface area (Å²) in [5.41, 5.74) is 5.91. The predicted molar refractivity (Wildman–Crippen MR) is 339 cm³/mol. The third kappa shape index (κ3) is 13.7. The molecular weight excluding hydrogens is 1170 g/mol. The summed E-state index contributed by atoms with van der Waals surface area (Å²) in [6.45, 7) is 9.28. The Bertz CT molecular complexity index is 3920. The largest absolute Gasteiger partial charge is 0.394 e. The number of sulfonamides is 1. The van der Waals surface area contributed by atoms with Gasteiger partial charge in [-0.2, -0.15) is 5.10 Å². The van der Waals surface area contributed by atoms with Crippen LogP contribution in [-0.2, 0) is 43.9 Å². The monoisotopic (exact) mass is 1240 g/mol. The van der Waals surface area contributed by atoms with Gasteiger partial charge in [0.05, 0.1) is 29.8 Å². The molecule has 1 aliphatic carbocycles. The molecule has 6 N–H and O–H groups in total. The summed E-state index contributed by atoms with van der Waals surface area (Å²) < 4.78 is 32.9. The van der Waals surface area contributed by atoms with Gasteiger partial charge in [0.1, 0.15) is 33.9 Å². The van der Waals surface area contributed by atoms with Gasteiger partial charge in [0.2, 0.25) is 17.7 Å². The Hall–Kier alpha value is -8.56. The summed E-state index contributed by atoms with van der Waals surface area (Å²) in [5.74, 6) is 0.328. The summed E-state index contributed by atoms with van der Waals surface area (Å²) >= 11 is 1.29. The van der Waals surface area contributed by atoms with Crippen molar-refractivity contribution >= 4 is 77.9 Å². The fourth-order valence-electron chi connectivity index (χ4n) is 12.7. The topological polar surface area (TPSA) is 274 Å². The second-order valence-corrected chi connectivity index (χ2v) is 27.4.